The Bertz CT molecular complexity index is 9090. The van der Waals surface area contributed by atoms with Crippen LogP contribution < -0.4 is 0 Å². The van der Waals surface area contributed by atoms with E-state index in [1.165, 1.54) is 53.8 Å². The Hall–Kier alpha value is -12.8. The van der Waals surface area contributed by atoms with Gasteiger partial charge >= 0.3 is 35.8 Å². The molecule has 1 aromatic heterocycles. The molecule has 4 aliphatic heterocycles. The molecule has 2 saturated heterocycles. The minimum atomic E-state index is -2.18. The number of ether oxygens (including phenoxy) is 8. The van der Waals surface area contributed by atoms with Gasteiger partial charge < -0.3 is 37.9 Å². The maximum Gasteiger partial charge on any atom is 0.325 e. The van der Waals surface area contributed by atoms with E-state index < -0.39 is 130 Å². The fourth-order valence-electron chi connectivity index (χ4n) is 41.9. The molecule has 29 aliphatic rings. The number of para-hydroxylation sites is 2. The van der Waals surface area contributed by atoms with Gasteiger partial charge in [0.15, 0.2) is 27.4 Å². The molecule has 4 bridgehead atoms. The number of benzene rings is 14. The molecule has 14 atom stereocenters. The fraction of sp³-hybridized carbons (Fsp3) is 0.232. The third-order valence-corrected chi connectivity index (χ3v) is 40.8. The number of fused-ring (bicyclic) bond motifs is 2. The molecule has 25 aliphatic carbocycles. The van der Waals surface area contributed by atoms with Gasteiger partial charge in [-0.05, 0) is 308 Å². The summed E-state index contributed by atoms with van der Waals surface area (Å²) in [7, 11) is 8.69. The molecule has 522 valence electrons. The van der Waals surface area contributed by atoms with Crippen molar-refractivity contribution < 1.29 is 66.7 Å². The van der Waals surface area contributed by atoms with Crippen LogP contribution in [0.5, 0.6) is 0 Å². The molecule has 12 spiro atoms. The van der Waals surface area contributed by atoms with Crippen LogP contribution in [-0.4, -0.2) is 88.4 Å². The van der Waals surface area contributed by atoms with E-state index in [4.69, 9.17) is 38.4 Å². The lowest BCUT2D eigenvalue weighted by Crippen LogP contribution is -2.83. The summed E-state index contributed by atoms with van der Waals surface area (Å²) >= 11 is 0. The molecule has 5 heterocycles. The van der Waals surface area contributed by atoms with Crippen LogP contribution in [0.2, 0.25) is 0 Å². The van der Waals surface area contributed by atoms with Crippen LogP contribution in [0, 0.1) is 16.2 Å². The van der Waals surface area contributed by atoms with Crippen molar-refractivity contribution in [2.45, 2.75) is 77.6 Å². The number of rotatable bonds is 6. The van der Waals surface area contributed by atoms with Gasteiger partial charge in [0.05, 0.1) is 120 Å². The molecule has 115 heavy (non-hydrogen) atoms. The topological polar surface area (TPSA) is 202 Å². The lowest BCUT2D eigenvalue weighted by Gasteiger charge is -2.75. The molecule has 0 N–H and O–H groups in total. The van der Waals surface area contributed by atoms with Gasteiger partial charge in [-0.3, -0.25) is 28.8 Å². The molecule has 5 fully saturated rings. The molecule has 10 unspecified atom stereocenters. The van der Waals surface area contributed by atoms with E-state index in [1.54, 1.807) is 0 Å². The summed E-state index contributed by atoms with van der Waals surface area (Å²) < 4.78 is 59.0. The zero-order valence-corrected chi connectivity index (χ0v) is 60.2. The van der Waals surface area contributed by atoms with E-state index in [0.717, 1.165) is 285 Å². The standard InChI is InChI=1S/C99H32N2O14/c1-108-79(102)93(80(103)109-2)87-59-30-25-28-50-48(59)49-51-29-26-31(60(49)87)37-39-33(26)68-54-56-70-35-27-34-40-41(35)66-47-45(64(39)90(66)92(68,70)95(90,83(106)112-5)84(107)113-6)43-42-44-46(47)65(40)89-63(44)38(36(30)61(42)88(87,93)62(37)43)32(25)67-53-55(69(34)91(67,89)94(89,81(104)110-3)82(105)111-4)71-52(27)72(56)99-86(58(29)54)74(51)73(50)85(57(28)53)77-19-13-7-9-15-21(19)96(114-77,98(71,85)99)75-76(101-24-18-12-11-17-23(24)100-75)97(99)22-16-10-8-14-20(22)78(86)115-97/h7-18,77-78H,1-6H3/t77-,78+,85?,86?,87?,88?,89?,90?,91?,92?,96-,97-,98?,99?/m0/s1. The number of nitrogens with zero attached hydrogens (tertiary/aromatic N) is 2. The quantitative estimate of drug-likeness (QED) is 0.0657. The van der Waals surface area contributed by atoms with Crippen molar-refractivity contribution in [3.8, 4) is 44.5 Å². The number of methoxy groups -OCH3 is 6. The molecule has 3 saturated carbocycles. The molecule has 0 radical (unpaired) electrons. The summed E-state index contributed by atoms with van der Waals surface area (Å²) in [5, 5.41) is 23.8. The monoisotopic (exact) mass is 1470 g/mol. The van der Waals surface area contributed by atoms with Crippen LogP contribution in [0.25, 0.3) is 185 Å². The Morgan fingerprint density at radius 3 is 0.896 bits per heavy atom. The lowest BCUT2D eigenvalue weighted by molar-refractivity contribution is -0.164. The Kier molecular flexibility index (Phi) is 5.04. The van der Waals surface area contributed by atoms with Gasteiger partial charge in [0.2, 0.25) is 0 Å². The van der Waals surface area contributed by atoms with Crippen LogP contribution in [0.15, 0.2) is 72.8 Å². The molecular formula is C99H32N2O14. The van der Waals surface area contributed by atoms with Gasteiger partial charge in [0, 0.05) is 0 Å². The summed E-state index contributed by atoms with van der Waals surface area (Å²) in [5.74, 6) is -4.10. The molecule has 0 amide bonds. The molecule has 17 aromatic rings. The first kappa shape index (κ1) is 50.4. The second-order valence-corrected chi connectivity index (χ2v) is 39.5. The van der Waals surface area contributed by atoms with E-state index in [2.05, 4.69) is 72.8 Å². The second kappa shape index (κ2) is 11.5. The maximum absolute atomic E-state index is 17.9. The Balaban J connectivity index is 0.925. The summed E-state index contributed by atoms with van der Waals surface area (Å²) in [6, 6.07) is 26.4. The number of hydrogen-bond donors (Lipinski definition) is 0. The zero-order valence-electron chi connectivity index (χ0n) is 60.2. The summed E-state index contributed by atoms with van der Waals surface area (Å²) in [5.41, 5.74) is 7.94. The van der Waals surface area contributed by atoms with Gasteiger partial charge in [0.1, 0.15) is 11.4 Å². The van der Waals surface area contributed by atoms with E-state index >= 15 is 28.8 Å². The molecule has 16 aromatic carbocycles. The highest BCUT2D eigenvalue weighted by atomic mass is 16.6. The van der Waals surface area contributed by atoms with E-state index in [-0.39, 0.29) is 0 Å². The molecule has 46 rings (SSSR count). The third kappa shape index (κ3) is 2.54. The number of hydrogen-bond acceptors (Lipinski definition) is 16. The van der Waals surface area contributed by atoms with Crippen LogP contribution in [0.1, 0.15) is 146 Å². The van der Waals surface area contributed by atoms with Gasteiger partial charge in [0.25, 0.3) is 0 Å². The number of aromatic nitrogens is 2. The Morgan fingerprint density at radius 2 is 0.539 bits per heavy atom. The molecular weight excluding hydrogens is 1440 g/mol. The summed E-state index contributed by atoms with van der Waals surface area (Å²) in [6.45, 7) is 0. The van der Waals surface area contributed by atoms with Crippen molar-refractivity contribution >= 4 is 176 Å². The Morgan fingerprint density at radius 1 is 0.270 bits per heavy atom. The first-order valence-corrected chi connectivity index (χ1v) is 40.6. The zero-order chi connectivity index (χ0) is 73.2. The summed E-state index contributed by atoms with van der Waals surface area (Å²) in [4.78, 5) is 120. The van der Waals surface area contributed by atoms with Crippen molar-refractivity contribution in [2.24, 2.45) is 16.2 Å². The average molecular weight is 1470 g/mol. The second-order valence-electron chi connectivity index (χ2n) is 39.5. The predicted molar refractivity (Wildman–Crippen MR) is 405 cm³/mol. The van der Waals surface area contributed by atoms with Crippen molar-refractivity contribution in [1.29, 1.82) is 0 Å². The van der Waals surface area contributed by atoms with E-state index in [0.29, 0.717) is 22.4 Å². The van der Waals surface area contributed by atoms with Crippen LogP contribution in [0.3, 0.4) is 0 Å². The molecule has 16 nitrogen and oxygen atoms in total. The smallest absolute Gasteiger partial charge is 0.325 e. The maximum atomic E-state index is 17.9. The fourth-order valence-corrected chi connectivity index (χ4v) is 41.9. The van der Waals surface area contributed by atoms with Crippen LogP contribution in [0.4, 0.5) is 0 Å². The number of carbonyl (C=O) groups is 6. The van der Waals surface area contributed by atoms with E-state index in [9.17, 15) is 9.47 Å². The van der Waals surface area contributed by atoms with Crippen molar-refractivity contribution in [3.05, 3.63) is 207 Å². The first-order valence-electron chi connectivity index (χ1n) is 40.6. The highest BCUT2D eigenvalue weighted by Gasteiger charge is 3.12. The molecule has 16 heteroatoms. The minimum Gasteiger partial charge on any atom is -0.468 e. The first-order chi connectivity index (χ1) is 56.4. The van der Waals surface area contributed by atoms with E-state index in [1.807, 2.05) is 0 Å². The van der Waals surface area contributed by atoms with Gasteiger partial charge in [-0.2, -0.15) is 0 Å². The highest BCUT2D eigenvalue weighted by Crippen LogP contribution is 3.11. The minimum absolute atomic E-state index is 0.679. The van der Waals surface area contributed by atoms with Gasteiger partial charge in [-0.25, -0.2) is 9.97 Å². The number of esters is 6. The van der Waals surface area contributed by atoms with Crippen molar-refractivity contribution in [2.75, 3.05) is 42.7 Å². The van der Waals surface area contributed by atoms with Gasteiger partial charge in [-0.1, -0.05) is 60.7 Å². The predicted octanol–water partition coefficient (Wildman–Crippen LogP) is 13.0. The largest absolute Gasteiger partial charge is 0.468 e. The van der Waals surface area contributed by atoms with Gasteiger partial charge in [-0.15, -0.1) is 0 Å². The highest BCUT2D eigenvalue weighted by molar-refractivity contribution is 6.62. The third-order valence-electron chi connectivity index (χ3n) is 40.8. The Labute approximate surface area is 636 Å². The van der Waals surface area contributed by atoms with Crippen molar-refractivity contribution in [3.63, 3.8) is 0 Å². The van der Waals surface area contributed by atoms with Crippen LogP contribution >= 0.6 is 0 Å². The average Bonchev–Trinajstić information content (AvgIpc) is 1.32. The van der Waals surface area contributed by atoms with Crippen LogP contribution in [-0.2, 0) is 132 Å². The lowest BCUT2D eigenvalue weighted by atomic mass is 9.22. The normalized spacial score (nSPS) is 36.5. The number of carbonyl (C=O) groups excluding carboxylic acids is 6. The van der Waals surface area contributed by atoms with Crippen molar-refractivity contribution in [1.82, 2.24) is 9.97 Å². The summed E-state index contributed by atoms with van der Waals surface area (Å²) in [6.07, 6.45) is -1.61. The SMILES string of the molecule is COC(=O)C1(C(=O)OC)C23c4c5c6c7c8c4c4c2c2c9c%10c4c4c%11c%12c%13c(c84)C74C(C(=O)OC)(C(=O)OC)C47c4c8c%14c%15c%16c%17c(c-5c%15c4-6)C13c1c-%17c3c4c5c6c%15c%17c%18c(c%12c%12c%17c(c-8c7c%13%12)C%157[C@H]8O[C@@]%12(c%13ccccc%138)c8nc%13ccccc%13nc8[C@@]8%13O[C@H](c%15ccccc%158)C63C%16%13C%147%12)C3(c(c%185)c9c4c12)C(C(=O)OC)(C(=O)OC)C%10%113.